The van der Waals surface area contributed by atoms with Crippen molar-refractivity contribution in [3.8, 4) is 16.9 Å². The monoisotopic (exact) mass is 475 g/mol. The van der Waals surface area contributed by atoms with Crippen LogP contribution in [0, 0.1) is 26.2 Å². The molecule has 4 N–H and O–H groups in total. The first-order valence-corrected chi connectivity index (χ1v) is 11.5. The highest BCUT2D eigenvalue weighted by molar-refractivity contribution is 6.14. The molecule has 0 saturated carbocycles. The number of nitrogens with two attached hydrogens (primary N) is 1. The molecular formula is C26H33N7O2. The van der Waals surface area contributed by atoms with E-state index in [0.717, 1.165) is 50.3 Å². The van der Waals surface area contributed by atoms with E-state index in [9.17, 15) is 0 Å². The van der Waals surface area contributed by atoms with Crippen molar-refractivity contribution >= 4 is 33.5 Å². The molecule has 9 nitrogen and oxygen atoms in total. The lowest BCUT2D eigenvalue weighted by molar-refractivity contribution is 0.393. The number of nitrogens with one attached hydrogen (secondary N) is 2. The maximum Gasteiger partial charge on any atom is 0.144 e. The van der Waals surface area contributed by atoms with Crippen LogP contribution in [0.4, 0.5) is 5.82 Å². The molecule has 0 radical (unpaired) electrons. The van der Waals surface area contributed by atoms with E-state index in [1.54, 1.807) is 14.2 Å². The lowest BCUT2D eigenvalue weighted by atomic mass is 9.90. The number of hydrogen-bond donors (Lipinski definition) is 3. The topological polar surface area (TPSA) is 127 Å². The van der Waals surface area contributed by atoms with E-state index in [1.807, 2.05) is 39.8 Å². The fourth-order valence-corrected chi connectivity index (χ4v) is 4.22. The van der Waals surface area contributed by atoms with Crippen molar-refractivity contribution in [1.82, 2.24) is 20.1 Å². The Bertz CT molecular complexity index is 1480. The molecule has 0 bridgehead atoms. The summed E-state index contributed by atoms with van der Waals surface area (Å²) in [7, 11) is 3.41. The zero-order valence-electron chi connectivity index (χ0n) is 21.8. The molecule has 4 aromatic rings. The number of benzene rings is 1. The van der Waals surface area contributed by atoms with E-state index < -0.39 is 0 Å². The third-order valence-electron chi connectivity index (χ3n) is 6.20. The number of anilines is 1. The summed E-state index contributed by atoms with van der Waals surface area (Å²) >= 11 is 0. The molecule has 0 aliphatic rings. The number of aliphatic imine (C=N–C) groups is 1. The Morgan fingerprint density at radius 1 is 1.17 bits per heavy atom. The van der Waals surface area contributed by atoms with Crippen LogP contribution in [-0.4, -0.2) is 40.0 Å². The largest absolute Gasteiger partial charge is 0.496 e. The highest BCUT2D eigenvalue weighted by Crippen LogP contribution is 2.41. The first kappa shape index (κ1) is 24.3. The Hall–Kier alpha value is -3.88. The lowest BCUT2D eigenvalue weighted by Gasteiger charge is -2.24. The van der Waals surface area contributed by atoms with Gasteiger partial charge in [0.1, 0.15) is 28.8 Å². The molecule has 0 saturated heterocycles. The molecule has 3 aromatic heterocycles. The second-order valence-corrected chi connectivity index (χ2v) is 9.74. The fourth-order valence-electron chi connectivity index (χ4n) is 4.22. The van der Waals surface area contributed by atoms with Crippen LogP contribution in [0.15, 0.2) is 33.0 Å². The standard InChI is InChI=1S/C26H33N7O2/c1-12-20(14(3)35-33-12)17-10-18-16(11-19(17)34-9)21-24(31-18)29-15(4)30-25(21)32-22(13(2)28-8)23(27)26(5,6)7/h10-11H,27H2,1-9H3,(H2,29,30,31,32). The maximum atomic E-state index is 6.59. The van der Waals surface area contributed by atoms with Gasteiger partial charge in [0.2, 0.25) is 0 Å². The quantitative estimate of drug-likeness (QED) is 0.329. The van der Waals surface area contributed by atoms with Gasteiger partial charge in [-0.2, -0.15) is 0 Å². The minimum absolute atomic E-state index is 0.262. The average molecular weight is 476 g/mol. The molecule has 0 aliphatic carbocycles. The van der Waals surface area contributed by atoms with Gasteiger partial charge >= 0.3 is 0 Å². The molecule has 0 unspecified atom stereocenters. The van der Waals surface area contributed by atoms with Crippen LogP contribution < -0.4 is 15.8 Å². The van der Waals surface area contributed by atoms with E-state index in [0.29, 0.717) is 28.7 Å². The highest BCUT2D eigenvalue weighted by Gasteiger charge is 2.24. The van der Waals surface area contributed by atoms with Crippen molar-refractivity contribution in [2.75, 3.05) is 19.5 Å². The molecule has 9 heteroatoms. The minimum Gasteiger partial charge on any atom is -0.496 e. The summed E-state index contributed by atoms with van der Waals surface area (Å²) in [6.45, 7) is 13.8. The van der Waals surface area contributed by atoms with Crippen LogP contribution in [0.3, 0.4) is 0 Å². The van der Waals surface area contributed by atoms with Gasteiger partial charge in [-0.3, -0.25) is 4.99 Å². The normalized spacial score (nSPS) is 13.5. The molecule has 3 heterocycles. The van der Waals surface area contributed by atoms with Gasteiger partial charge in [0.25, 0.3) is 0 Å². The number of nitrogens with zero attached hydrogens (tertiary/aromatic N) is 4. The van der Waals surface area contributed by atoms with Crippen molar-refractivity contribution in [2.24, 2.45) is 16.1 Å². The van der Waals surface area contributed by atoms with Gasteiger partial charge in [0, 0.05) is 34.6 Å². The first-order chi connectivity index (χ1) is 16.5. The van der Waals surface area contributed by atoms with E-state index >= 15 is 0 Å². The number of fused-ring (bicyclic) bond motifs is 3. The fraction of sp³-hybridized carbons (Fsp3) is 0.385. The molecule has 0 spiro atoms. The Morgan fingerprint density at radius 3 is 2.46 bits per heavy atom. The zero-order chi connectivity index (χ0) is 25.7. The first-order valence-electron chi connectivity index (χ1n) is 11.5. The van der Waals surface area contributed by atoms with Crippen molar-refractivity contribution < 1.29 is 9.26 Å². The average Bonchev–Trinajstić information content (AvgIpc) is 3.32. The van der Waals surface area contributed by atoms with Crippen molar-refractivity contribution in [3.63, 3.8) is 0 Å². The lowest BCUT2D eigenvalue weighted by Crippen LogP contribution is -2.26. The Labute approximate surface area is 204 Å². The number of allylic oxidation sites excluding steroid dienone is 2. The highest BCUT2D eigenvalue weighted by atomic mass is 16.5. The summed E-state index contributed by atoms with van der Waals surface area (Å²) in [6.07, 6.45) is 0. The van der Waals surface area contributed by atoms with E-state index in [1.165, 1.54) is 0 Å². The second-order valence-electron chi connectivity index (χ2n) is 9.74. The van der Waals surface area contributed by atoms with Crippen LogP contribution in [0.1, 0.15) is 45.0 Å². The van der Waals surface area contributed by atoms with Gasteiger partial charge in [-0.1, -0.05) is 25.9 Å². The van der Waals surface area contributed by atoms with E-state index in [2.05, 4.69) is 46.2 Å². The summed E-state index contributed by atoms with van der Waals surface area (Å²) in [6, 6.07) is 4.04. The summed E-state index contributed by atoms with van der Waals surface area (Å²) in [5, 5.41) is 9.36. The van der Waals surface area contributed by atoms with Gasteiger partial charge < -0.3 is 25.3 Å². The van der Waals surface area contributed by atoms with Crippen molar-refractivity contribution in [1.29, 1.82) is 0 Å². The smallest absolute Gasteiger partial charge is 0.144 e. The third kappa shape index (κ3) is 4.22. The van der Waals surface area contributed by atoms with Crippen LogP contribution in [0.25, 0.3) is 33.1 Å². The van der Waals surface area contributed by atoms with Gasteiger partial charge in [-0.25, -0.2) is 9.97 Å². The number of H-pyrrole nitrogens is 1. The number of aryl methyl sites for hydroxylation is 3. The molecule has 184 valence electrons. The summed E-state index contributed by atoms with van der Waals surface area (Å²) < 4.78 is 11.2. The molecule has 0 atom stereocenters. The zero-order valence-corrected chi connectivity index (χ0v) is 21.8. The van der Waals surface area contributed by atoms with Gasteiger partial charge in [-0.15, -0.1) is 0 Å². The summed E-state index contributed by atoms with van der Waals surface area (Å²) in [5.41, 5.74) is 12.8. The maximum absolute atomic E-state index is 6.59. The number of rotatable bonds is 5. The predicted octanol–water partition coefficient (Wildman–Crippen LogP) is 5.42. The molecule has 1 aromatic carbocycles. The van der Waals surface area contributed by atoms with Gasteiger partial charge in [-0.05, 0) is 39.8 Å². The minimum atomic E-state index is -0.262. The Kier molecular flexibility index (Phi) is 6.04. The van der Waals surface area contributed by atoms with Gasteiger partial charge in [0.05, 0.1) is 35.2 Å². The molecule has 35 heavy (non-hydrogen) atoms. The van der Waals surface area contributed by atoms with Gasteiger partial charge in [0.15, 0.2) is 0 Å². The van der Waals surface area contributed by atoms with Crippen LogP contribution in [0.5, 0.6) is 5.75 Å². The number of hydrogen-bond acceptors (Lipinski definition) is 8. The number of methoxy groups -OCH3 is 1. The van der Waals surface area contributed by atoms with Crippen molar-refractivity contribution in [3.05, 3.63) is 40.8 Å². The molecule has 0 amide bonds. The van der Waals surface area contributed by atoms with E-state index in [4.69, 9.17) is 20.0 Å². The van der Waals surface area contributed by atoms with Crippen LogP contribution in [0.2, 0.25) is 0 Å². The van der Waals surface area contributed by atoms with Crippen LogP contribution in [-0.2, 0) is 0 Å². The number of aromatic amines is 1. The van der Waals surface area contributed by atoms with Crippen LogP contribution >= 0.6 is 0 Å². The number of aromatic nitrogens is 4. The number of ether oxygens (including phenoxy) is 1. The predicted molar refractivity (Wildman–Crippen MR) is 141 cm³/mol. The SMILES string of the molecule is CN=C(C)C(Nc1nc(C)nc2[nH]c3cc(-c4c(C)noc4C)c(OC)cc3c12)=C(N)C(C)(C)C. The second kappa shape index (κ2) is 8.72. The Balaban J connectivity index is 2.01. The summed E-state index contributed by atoms with van der Waals surface area (Å²) in [5.74, 6) is 2.71. The van der Waals surface area contributed by atoms with Crippen molar-refractivity contribution in [2.45, 2.75) is 48.5 Å². The molecule has 0 aliphatic heterocycles. The molecule has 4 rings (SSSR count). The Morgan fingerprint density at radius 2 is 1.89 bits per heavy atom. The summed E-state index contributed by atoms with van der Waals surface area (Å²) in [4.78, 5) is 17.3. The third-order valence-corrected chi connectivity index (χ3v) is 6.20. The van der Waals surface area contributed by atoms with E-state index in [-0.39, 0.29) is 5.41 Å². The molecule has 0 fully saturated rings. The molecular weight excluding hydrogens is 442 g/mol.